The van der Waals surface area contributed by atoms with Gasteiger partial charge in [0, 0.05) is 13.0 Å². The highest BCUT2D eigenvalue weighted by Gasteiger charge is 2.37. The summed E-state index contributed by atoms with van der Waals surface area (Å²) in [5.74, 6) is -0.518. The summed E-state index contributed by atoms with van der Waals surface area (Å²) in [7, 11) is -3.83. The Kier molecular flexibility index (Phi) is 4.44. The number of aryl methyl sites for hydroxylation is 1. The number of hydrogen-bond acceptors (Lipinski definition) is 4. The fourth-order valence-corrected chi connectivity index (χ4v) is 3.98. The minimum absolute atomic E-state index is 0.0255. The summed E-state index contributed by atoms with van der Waals surface area (Å²) in [5.41, 5.74) is 0. The van der Waals surface area contributed by atoms with E-state index in [1.807, 2.05) is 6.92 Å². The van der Waals surface area contributed by atoms with Crippen molar-refractivity contribution < 1.29 is 18.3 Å². The zero-order chi connectivity index (χ0) is 14.8. The van der Waals surface area contributed by atoms with Crippen molar-refractivity contribution in [3.8, 4) is 0 Å². The molecule has 7 nitrogen and oxygen atoms in total. The molecule has 2 N–H and O–H groups in total. The van der Waals surface area contributed by atoms with Gasteiger partial charge in [-0.1, -0.05) is 19.8 Å². The van der Waals surface area contributed by atoms with Crippen LogP contribution in [0.2, 0.25) is 0 Å². The van der Waals surface area contributed by atoms with Crippen molar-refractivity contribution in [2.75, 3.05) is 6.54 Å². The smallest absolute Gasteiger partial charge is 0.322 e. The van der Waals surface area contributed by atoms with Gasteiger partial charge in [-0.2, -0.15) is 4.31 Å². The lowest BCUT2D eigenvalue weighted by Gasteiger charge is -2.25. The molecule has 0 aliphatic carbocycles. The summed E-state index contributed by atoms with van der Waals surface area (Å²) in [6.45, 7) is 2.10. The molecule has 0 radical (unpaired) electrons. The van der Waals surface area contributed by atoms with E-state index in [1.165, 1.54) is 6.20 Å². The van der Waals surface area contributed by atoms with Crippen LogP contribution in [0.15, 0.2) is 11.2 Å². The molecule has 8 heteroatoms. The van der Waals surface area contributed by atoms with Crippen LogP contribution < -0.4 is 0 Å². The maximum atomic E-state index is 12.6. The van der Waals surface area contributed by atoms with Gasteiger partial charge in [-0.3, -0.25) is 4.79 Å². The second-order valence-corrected chi connectivity index (χ2v) is 6.73. The van der Waals surface area contributed by atoms with Crippen molar-refractivity contribution >= 4 is 16.0 Å². The number of carbonyl (C=O) groups is 1. The van der Waals surface area contributed by atoms with E-state index in [0.29, 0.717) is 25.1 Å². The predicted molar refractivity (Wildman–Crippen MR) is 71.7 cm³/mol. The van der Waals surface area contributed by atoms with Gasteiger partial charge in [0.05, 0.1) is 6.20 Å². The van der Waals surface area contributed by atoms with Gasteiger partial charge in [0.2, 0.25) is 0 Å². The fourth-order valence-electron chi connectivity index (χ4n) is 2.40. The Labute approximate surface area is 118 Å². The number of H-pyrrole nitrogens is 1. The number of carboxylic acids is 1. The third-order valence-corrected chi connectivity index (χ3v) is 5.33. The first-order valence-corrected chi connectivity index (χ1v) is 8.19. The molecule has 0 saturated carbocycles. The lowest BCUT2D eigenvalue weighted by Crippen LogP contribution is -2.44. The van der Waals surface area contributed by atoms with Crippen molar-refractivity contribution in [2.45, 2.75) is 50.1 Å². The molecular formula is C12H19N3O4S. The van der Waals surface area contributed by atoms with Gasteiger partial charge in [0.1, 0.15) is 11.9 Å². The van der Waals surface area contributed by atoms with Gasteiger partial charge in [-0.15, -0.1) is 0 Å². The number of aromatic nitrogens is 2. The standard InChI is InChI=1S/C12H19N3O4S/c1-2-10-13-8-11(14-10)20(18,19)15-7-5-3-4-6-9(15)12(16)17/h8-9H,2-7H2,1H3,(H,13,14)(H,16,17). The highest BCUT2D eigenvalue weighted by atomic mass is 32.2. The molecule has 1 unspecified atom stereocenters. The Morgan fingerprint density at radius 1 is 1.50 bits per heavy atom. The summed E-state index contributed by atoms with van der Waals surface area (Å²) in [6, 6.07) is -0.990. The van der Waals surface area contributed by atoms with Crippen LogP contribution >= 0.6 is 0 Å². The molecule has 1 saturated heterocycles. The van der Waals surface area contributed by atoms with Crippen LogP contribution in [0.5, 0.6) is 0 Å². The average molecular weight is 301 g/mol. The van der Waals surface area contributed by atoms with Crippen molar-refractivity contribution in [1.82, 2.24) is 14.3 Å². The minimum atomic E-state index is -3.83. The van der Waals surface area contributed by atoms with Gasteiger partial charge in [-0.05, 0) is 12.8 Å². The summed E-state index contributed by atoms with van der Waals surface area (Å²) in [6.07, 6.45) is 4.46. The third kappa shape index (κ3) is 2.85. The Morgan fingerprint density at radius 3 is 2.85 bits per heavy atom. The van der Waals surface area contributed by atoms with Crippen molar-refractivity contribution in [3.63, 3.8) is 0 Å². The molecular weight excluding hydrogens is 282 g/mol. The first-order chi connectivity index (χ1) is 9.46. The topological polar surface area (TPSA) is 103 Å². The number of aromatic amines is 1. The largest absolute Gasteiger partial charge is 0.480 e. The molecule has 2 rings (SSSR count). The number of hydrogen-bond donors (Lipinski definition) is 2. The molecule has 1 aliphatic heterocycles. The SMILES string of the molecule is CCc1ncc(S(=O)(=O)N2CCCCCC2C(=O)O)[nH]1. The van der Waals surface area contributed by atoms with Gasteiger partial charge in [0.15, 0.2) is 5.03 Å². The Morgan fingerprint density at radius 2 is 2.25 bits per heavy atom. The summed E-state index contributed by atoms with van der Waals surface area (Å²) in [5, 5.41) is 9.24. The molecule has 0 aromatic carbocycles. The van der Waals surface area contributed by atoms with E-state index in [9.17, 15) is 18.3 Å². The number of imidazole rings is 1. The van der Waals surface area contributed by atoms with E-state index >= 15 is 0 Å². The Bertz CT molecular complexity index is 581. The van der Waals surface area contributed by atoms with Gasteiger partial charge < -0.3 is 10.1 Å². The van der Waals surface area contributed by atoms with E-state index in [4.69, 9.17) is 0 Å². The highest BCUT2D eigenvalue weighted by Crippen LogP contribution is 2.24. The second-order valence-electron chi connectivity index (χ2n) is 4.87. The molecule has 0 bridgehead atoms. The molecule has 112 valence electrons. The number of carboxylic acid groups (broad SMARTS) is 1. The number of sulfonamides is 1. The molecule has 1 fully saturated rings. The Balaban J connectivity index is 2.36. The molecule has 0 spiro atoms. The summed E-state index contributed by atoms with van der Waals surface area (Å²) >= 11 is 0. The van der Waals surface area contributed by atoms with Crippen LogP contribution in [-0.2, 0) is 21.2 Å². The number of nitrogens with zero attached hydrogens (tertiary/aromatic N) is 2. The number of rotatable bonds is 4. The lowest BCUT2D eigenvalue weighted by molar-refractivity contribution is -0.141. The van der Waals surface area contributed by atoms with Gasteiger partial charge in [0.25, 0.3) is 10.0 Å². The van der Waals surface area contributed by atoms with Crippen molar-refractivity contribution in [3.05, 3.63) is 12.0 Å². The normalized spacial score (nSPS) is 21.6. The maximum Gasteiger partial charge on any atom is 0.322 e. The lowest BCUT2D eigenvalue weighted by atomic mass is 10.1. The van der Waals surface area contributed by atoms with Gasteiger partial charge in [-0.25, -0.2) is 13.4 Å². The summed E-state index contributed by atoms with van der Waals surface area (Å²) in [4.78, 5) is 18.1. The predicted octanol–water partition coefficient (Wildman–Crippen LogP) is 0.990. The maximum absolute atomic E-state index is 12.6. The van der Waals surface area contributed by atoms with Gasteiger partial charge >= 0.3 is 5.97 Å². The van der Waals surface area contributed by atoms with E-state index in [-0.39, 0.29) is 11.6 Å². The van der Waals surface area contributed by atoms with E-state index in [2.05, 4.69) is 9.97 Å². The molecule has 0 amide bonds. The quantitative estimate of drug-likeness (QED) is 0.863. The molecule has 1 aromatic rings. The first kappa shape index (κ1) is 15.0. The van der Waals surface area contributed by atoms with E-state index < -0.39 is 22.0 Å². The van der Waals surface area contributed by atoms with Crippen molar-refractivity contribution in [1.29, 1.82) is 0 Å². The zero-order valence-electron chi connectivity index (χ0n) is 11.4. The average Bonchev–Trinajstić information content (AvgIpc) is 2.75. The number of aliphatic carboxylic acids is 1. The fraction of sp³-hybridized carbons (Fsp3) is 0.667. The van der Waals surface area contributed by atoms with Crippen LogP contribution in [-0.4, -0.2) is 46.4 Å². The molecule has 1 aliphatic rings. The monoisotopic (exact) mass is 301 g/mol. The van der Waals surface area contributed by atoms with E-state index in [0.717, 1.165) is 17.1 Å². The van der Waals surface area contributed by atoms with Crippen LogP contribution in [0.25, 0.3) is 0 Å². The minimum Gasteiger partial charge on any atom is -0.480 e. The van der Waals surface area contributed by atoms with Crippen molar-refractivity contribution in [2.24, 2.45) is 0 Å². The summed E-state index contributed by atoms with van der Waals surface area (Å²) < 4.78 is 26.2. The van der Waals surface area contributed by atoms with Crippen LogP contribution in [0.3, 0.4) is 0 Å². The molecule has 2 heterocycles. The second kappa shape index (κ2) is 5.92. The van der Waals surface area contributed by atoms with Crippen LogP contribution in [0.4, 0.5) is 0 Å². The zero-order valence-corrected chi connectivity index (χ0v) is 12.2. The van der Waals surface area contributed by atoms with E-state index in [1.54, 1.807) is 0 Å². The molecule has 1 aromatic heterocycles. The van der Waals surface area contributed by atoms with Crippen LogP contribution in [0.1, 0.15) is 38.4 Å². The number of nitrogens with one attached hydrogen (secondary N) is 1. The first-order valence-electron chi connectivity index (χ1n) is 6.75. The highest BCUT2D eigenvalue weighted by molar-refractivity contribution is 7.89. The molecule has 20 heavy (non-hydrogen) atoms. The Hall–Kier alpha value is -1.41. The molecule has 1 atom stereocenters. The third-order valence-electron chi connectivity index (χ3n) is 3.52. The van der Waals surface area contributed by atoms with Crippen LogP contribution in [0, 0.1) is 0 Å².